The fraction of sp³-hybridized carbons (Fsp3) is 0.552. The van der Waals surface area contributed by atoms with Crippen molar-refractivity contribution >= 4 is 5.91 Å². The molecule has 3 aliphatic rings. The van der Waals surface area contributed by atoms with E-state index >= 15 is 0 Å². The van der Waals surface area contributed by atoms with Gasteiger partial charge in [-0.25, -0.2) is 0 Å². The Hall–Kier alpha value is -2.17. The number of hydrogen-bond donors (Lipinski definition) is 0. The molecule has 2 heterocycles. The van der Waals surface area contributed by atoms with Crippen LogP contribution in [-0.2, 0) is 24.2 Å². The van der Waals surface area contributed by atoms with E-state index < -0.39 is 0 Å². The van der Waals surface area contributed by atoms with Gasteiger partial charge in [0.2, 0.25) is 5.91 Å². The van der Waals surface area contributed by atoms with E-state index in [0.717, 1.165) is 58.2 Å². The molecule has 5 rings (SSSR count). The van der Waals surface area contributed by atoms with Crippen molar-refractivity contribution in [2.24, 2.45) is 0 Å². The largest absolute Gasteiger partial charge is 0.339 e. The molecule has 1 saturated carbocycles. The first-order chi connectivity index (χ1) is 16.2. The Morgan fingerprint density at radius 1 is 0.879 bits per heavy atom. The highest BCUT2D eigenvalue weighted by molar-refractivity contribution is 5.78. The topological polar surface area (TPSA) is 26.8 Å². The predicted octanol–water partition coefficient (Wildman–Crippen LogP) is 4.75. The van der Waals surface area contributed by atoms with Crippen LogP contribution in [0.25, 0.3) is 11.1 Å². The molecule has 0 bridgehead atoms. The van der Waals surface area contributed by atoms with E-state index in [-0.39, 0.29) is 0 Å². The molecule has 176 valence electrons. The van der Waals surface area contributed by atoms with Gasteiger partial charge in [-0.15, -0.1) is 0 Å². The molecule has 0 aromatic heterocycles. The van der Waals surface area contributed by atoms with E-state index in [1.165, 1.54) is 59.9 Å². The molecule has 0 unspecified atom stereocenters. The summed E-state index contributed by atoms with van der Waals surface area (Å²) in [6.07, 6.45) is 8.97. The van der Waals surface area contributed by atoms with Gasteiger partial charge in [0.05, 0.1) is 6.54 Å². The van der Waals surface area contributed by atoms with E-state index in [4.69, 9.17) is 0 Å². The number of hydrogen-bond acceptors (Lipinski definition) is 3. The summed E-state index contributed by atoms with van der Waals surface area (Å²) in [5.74, 6) is 0.315. The summed E-state index contributed by atoms with van der Waals surface area (Å²) in [5.41, 5.74) is 6.83. The number of piperazine rings is 1. The molecule has 1 saturated heterocycles. The summed E-state index contributed by atoms with van der Waals surface area (Å²) in [4.78, 5) is 20.1. The van der Waals surface area contributed by atoms with Crippen molar-refractivity contribution in [1.29, 1.82) is 0 Å². The zero-order chi connectivity index (χ0) is 22.6. The highest BCUT2D eigenvalue weighted by Crippen LogP contribution is 2.27. The van der Waals surface area contributed by atoms with E-state index in [1.54, 1.807) is 0 Å². The SMILES string of the molecule is CCc1cccc(-c2ccc3c(c2)CCN(CC(=O)N2CCN(C4CCCCC4)CC2)C3)c1. The first kappa shape index (κ1) is 22.6. The normalized spacial score (nSPS) is 20.6. The summed E-state index contributed by atoms with van der Waals surface area (Å²) in [7, 11) is 0. The highest BCUT2D eigenvalue weighted by atomic mass is 16.2. The van der Waals surface area contributed by atoms with Crippen molar-refractivity contribution in [1.82, 2.24) is 14.7 Å². The number of benzene rings is 2. The first-order valence-electron chi connectivity index (χ1n) is 13.1. The molecule has 0 atom stereocenters. The maximum Gasteiger partial charge on any atom is 0.236 e. The molecule has 0 radical (unpaired) electrons. The lowest BCUT2D eigenvalue weighted by atomic mass is 9.93. The number of amides is 1. The van der Waals surface area contributed by atoms with E-state index in [2.05, 4.69) is 64.1 Å². The third-order valence-electron chi connectivity index (χ3n) is 8.08. The summed E-state index contributed by atoms with van der Waals surface area (Å²) in [6, 6.07) is 16.6. The van der Waals surface area contributed by atoms with Crippen molar-refractivity contribution in [3.8, 4) is 11.1 Å². The van der Waals surface area contributed by atoms with Gasteiger partial charge in [-0.05, 0) is 53.5 Å². The highest BCUT2D eigenvalue weighted by Gasteiger charge is 2.28. The molecule has 2 aromatic carbocycles. The summed E-state index contributed by atoms with van der Waals surface area (Å²) in [6.45, 7) is 8.54. The summed E-state index contributed by atoms with van der Waals surface area (Å²) in [5, 5.41) is 0. The van der Waals surface area contributed by atoms with Gasteiger partial charge in [-0.1, -0.05) is 68.7 Å². The third-order valence-corrected chi connectivity index (χ3v) is 8.08. The average molecular weight is 446 g/mol. The Morgan fingerprint density at radius 3 is 2.45 bits per heavy atom. The van der Waals surface area contributed by atoms with Gasteiger partial charge in [0.15, 0.2) is 0 Å². The molecule has 0 spiro atoms. The zero-order valence-electron chi connectivity index (χ0n) is 20.3. The van der Waals surface area contributed by atoms with Crippen molar-refractivity contribution in [2.45, 2.75) is 64.5 Å². The van der Waals surface area contributed by atoms with Gasteiger partial charge < -0.3 is 4.90 Å². The maximum absolute atomic E-state index is 13.0. The quantitative estimate of drug-likeness (QED) is 0.664. The van der Waals surface area contributed by atoms with Crippen molar-refractivity contribution < 1.29 is 4.79 Å². The van der Waals surface area contributed by atoms with Crippen LogP contribution in [0.3, 0.4) is 0 Å². The van der Waals surface area contributed by atoms with Crippen LogP contribution in [0.2, 0.25) is 0 Å². The molecule has 2 aromatic rings. The number of aryl methyl sites for hydroxylation is 1. The number of fused-ring (bicyclic) bond motifs is 1. The number of nitrogens with zero attached hydrogens (tertiary/aromatic N) is 3. The second kappa shape index (κ2) is 10.4. The second-order valence-corrected chi connectivity index (χ2v) is 10.2. The van der Waals surface area contributed by atoms with Gasteiger partial charge in [0.1, 0.15) is 0 Å². The predicted molar refractivity (Wildman–Crippen MR) is 135 cm³/mol. The van der Waals surface area contributed by atoms with Crippen LogP contribution in [-0.4, -0.2) is 65.9 Å². The molecule has 2 aliphatic heterocycles. The smallest absolute Gasteiger partial charge is 0.236 e. The monoisotopic (exact) mass is 445 g/mol. The van der Waals surface area contributed by atoms with Crippen LogP contribution in [0.15, 0.2) is 42.5 Å². The van der Waals surface area contributed by atoms with Gasteiger partial charge in [0.25, 0.3) is 0 Å². The standard InChI is InChI=1S/C29H39N3O/c1-2-23-7-6-8-24(19-23)25-11-12-27-21-30(14-13-26(27)20-25)22-29(33)32-17-15-31(16-18-32)28-9-4-3-5-10-28/h6-8,11-12,19-20,28H,2-5,9-10,13-18,21-22H2,1H3. The minimum absolute atomic E-state index is 0.315. The zero-order valence-corrected chi connectivity index (χ0v) is 20.3. The molecule has 4 nitrogen and oxygen atoms in total. The lowest BCUT2D eigenvalue weighted by Gasteiger charge is -2.41. The van der Waals surface area contributed by atoms with Crippen LogP contribution in [0.4, 0.5) is 0 Å². The Balaban J connectivity index is 1.15. The van der Waals surface area contributed by atoms with E-state index in [9.17, 15) is 4.79 Å². The van der Waals surface area contributed by atoms with Crippen molar-refractivity contribution in [3.05, 3.63) is 59.2 Å². The lowest BCUT2D eigenvalue weighted by Crippen LogP contribution is -2.54. The van der Waals surface area contributed by atoms with Gasteiger partial charge in [-0.2, -0.15) is 0 Å². The molecule has 33 heavy (non-hydrogen) atoms. The third kappa shape index (κ3) is 5.33. The maximum atomic E-state index is 13.0. The number of carbonyl (C=O) groups is 1. The molecule has 2 fully saturated rings. The Morgan fingerprint density at radius 2 is 1.67 bits per heavy atom. The minimum atomic E-state index is 0.315. The fourth-order valence-corrected chi connectivity index (χ4v) is 5.97. The van der Waals surface area contributed by atoms with Crippen LogP contribution in [0, 0.1) is 0 Å². The number of rotatable bonds is 5. The lowest BCUT2D eigenvalue weighted by molar-refractivity contribution is -0.134. The van der Waals surface area contributed by atoms with E-state index in [1.807, 2.05) is 0 Å². The van der Waals surface area contributed by atoms with Crippen LogP contribution >= 0.6 is 0 Å². The summed E-state index contributed by atoms with van der Waals surface area (Å²) < 4.78 is 0. The average Bonchev–Trinajstić information content (AvgIpc) is 2.89. The molecule has 0 N–H and O–H groups in total. The van der Waals surface area contributed by atoms with Crippen molar-refractivity contribution in [2.75, 3.05) is 39.3 Å². The molecule has 4 heteroatoms. The fourth-order valence-electron chi connectivity index (χ4n) is 5.97. The van der Waals surface area contributed by atoms with Crippen LogP contribution in [0.5, 0.6) is 0 Å². The van der Waals surface area contributed by atoms with Gasteiger partial charge in [-0.3, -0.25) is 14.6 Å². The molecular weight excluding hydrogens is 406 g/mol. The van der Waals surface area contributed by atoms with Crippen LogP contribution in [0.1, 0.15) is 55.7 Å². The van der Waals surface area contributed by atoms with Gasteiger partial charge in [0, 0.05) is 45.3 Å². The Labute approximate surface area is 199 Å². The minimum Gasteiger partial charge on any atom is -0.339 e. The van der Waals surface area contributed by atoms with E-state index in [0.29, 0.717) is 12.5 Å². The summed E-state index contributed by atoms with van der Waals surface area (Å²) >= 11 is 0. The molecule has 1 aliphatic carbocycles. The Bertz CT molecular complexity index is 957. The second-order valence-electron chi connectivity index (χ2n) is 10.2. The Kier molecular flexibility index (Phi) is 7.13. The first-order valence-corrected chi connectivity index (χ1v) is 13.1. The van der Waals surface area contributed by atoms with Crippen molar-refractivity contribution in [3.63, 3.8) is 0 Å². The molecular formula is C29H39N3O. The number of carbonyl (C=O) groups excluding carboxylic acids is 1. The van der Waals surface area contributed by atoms with Gasteiger partial charge >= 0.3 is 0 Å². The van der Waals surface area contributed by atoms with Crippen LogP contribution < -0.4 is 0 Å². The molecule has 1 amide bonds.